The molecule has 18 heavy (non-hydrogen) atoms. The van der Waals surface area contributed by atoms with Gasteiger partial charge in [0.25, 0.3) is 0 Å². The summed E-state index contributed by atoms with van der Waals surface area (Å²) < 4.78 is 0. The average Bonchev–Trinajstić information content (AvgIpc) is 2.37. The molecule has 0 N–H and O–H groups in total. The predicted octanol–water partition coefficient (Wildman–Crippen LogP) is 3.35. The molecular formula is C16H20N2. The van der Waals surface area contributed by atoms with Crippen LogP contribution >= 0.6 is 0 Å². The Kier molecular flexibility index (Phi) is 3.04. The van der Waals surface area contributed by atoms with E-state index < -0.39 is 0 Å². The number of aromatic nitrogens is 1. The van der Waals surface area contributed by atoms with E-state index in [2.05, 4.69) is 48.1 Å². The fourth-order valence-corrected chi connectivity index (χ4v) is 3.04. The van der Waals surface area contributed by atoms with Crippen molar-refractivity contribution in [2.45, 2.75) is 25.7 Å². The van der Waals surface area contributed by atoms with E-state index in [1.807, 2.05) is 6.20 Å². The van der Waals surface area contributed by atoms with Gasteiger partial charge in [-0.3, -0.25) is 4.98 Å². The van der Waals surface area contributed by atoms with Crippen LogP contribution < -0.4 is 0 Å². The van der Waals surface area contributed by atoms with Crippen molar-refractivity contribution in [2.75, 3.05) is 20.1 Å². The summed E-state index contributed by atoms with van der Waals surface area (Å²) in [5.74, 6) is 0.641. The lowest BCUT2D eigenvalue weighted by atomic mass is 9.89. The van der Waals surface area contributed by atoms with E-state index in [1.165, 1.54) is 41.4 Å². The second-order valence-electron chi connectivity index (χ2n) is 5.53. The highest BCUT2D eigenvalue weighted by atomic mass is 15.1. The lowest BCUT2D eigenvalue weighted by Gasteiger charge is -2.30. The zero-order valence-corrected chi connectivity index (χ0v) is 11.2. The normalized spacial score (nSPS) is 21.3. The van der Waals surface area contributed by atoms with Crippen molar-refractivity contribution in [1.82, 2.24) is 9.88 Å². The molecule has 1 saturated heterocycles. The van der Waals surface area contributed by atoms with Gasteiger partial charge >= 0.3 is 0 Å². The monoisotopic (exact) mass is 240 g/mol. The molecule has 0 radical (unpaired) electrons. The van der Waals surface area contributed by atoms with Gasteiger partial charge in [-0.05, 0) is 56.5 Å². The molecule has 1 aromatic carbocycles. The highest BCUT2D eigenvalue weighted by Gasteiger charge is 2.20. The molecule has 1 atom stereocenters. The minimum absolute atomic E-state index is 0.641. The molecule has 1 aliphatic rings. The van der Waals surface area contributed by atoms with Gasteiger partial charge < -0.3 is 4.90 Å². The fourth-order valence-electron chi connectivity index (χ4n) is 3.04. The van der Waals surface area contributed by atoms with Crippen molar-refractivity contribution in [1.29, 1.82) is 0 Å². The molecule has 2 nitrogen and oxygen atoms in total. The highest BCUT2D eigenvalue weighted by molar-refractivity contribution is 5.82. The Hall–Kier alpha value is -1.41. The summed E-state index contributed by atoms with van der Waals surface area (Å²) in [6, 6.07) is 8.84. The standard InChI is InChI=1S/C16H20N2/c1-12-9-13-5-3-7-15(16(13)17-10-12)14-6-4-8-18(2)11-14/h3,5,7,9-10,14H,4,6,8,11H2,1-2H3. The molecule has 3 rings (SSSR count). The third kappa shape index (κ3) is 2.13. The van der Waals surface area contributed by atoms with E-state index in [-0.39, 0.29) is 0 Å². The molecule has 1 fully saturated rings. The van der Waals surface area contributed by atoms with Gasteiger partial charge in [-0.15, -0.1) is 0 Å². The number of likely N-dealkylation sites (tertiary alicyclic amines) is 1. The second kappa shape index (κ2) is 4.69. The van der Waals surface area contributed by atoms with Gasteiger partial charge in [0.15, 0.2) is 0 Å². The third-order valence-corrected chi connectivity index (χ3v) is 3.94. The largest absolute Gasteiger partial charge is 0.306 e. The van der Waals surface area contributed by atoms with Crippen LogP contribution in [0.3, 0.4) is 0 Å². The summed E-state index contributed by atoms with van der Waals surface area (Å²) in [4.78, 5) is 7.09. The van der Waals surface area contributed by atoms with Crippen LogP contribution in [-0.2, 0) is 0 Å². The van der Waals surface area contributed by atoms with Crippen LogP contribution in [0.2, 0.25) is 0 Å². The number of nitrogens with zero attached hydrogens (tertiary/aromatic N) is 2. The van der Waals surface area contributed by atoms with Gasteiger partial charge in [-0.25, -0.2) is 0 Å². The average molecular weight is 240 g/mol. The predicted molar refractivity (Wildman–Crippen MR) is 76.0 cm³/mol. The van der Waals surface area contributed by atoms with Crippen molar-refractivity contribution < 1.29 is 0 Å². The Labute approximate surface area is 109 Å². The minimum atomic E-state index is 0.641. The number of rotatable bonds is 1. The van der Waals surface area contributed by atoms with Gasteiger partial charge in [0.1, 0.15) is 0 Å². The lowest BCUT2D eigenvalue weighted by Crippen LogP contribution is -2.30. The summed E-state index contributed by atoms with van der Waals surface area (Å²) >= 11 is 0. The Morgan fingerprint density at radius 3 is 3.06 bits per heavy atom. The molecule has 0 spiro atoms. The fraction of sp³-hybridized carbons (Fsp3) is 0.438. The van der Waals surface area contributed by atoms with Crippen LogP contribution in [0.4, 0.5) is 0 Å². The number of para-hydroxylation sites is 1. The van der Waals surface area contributed by atoms with Crippen molar-refractivity contribution in [3.8, 4) is 0 Å². The van der Waals surface area contributed by atoms with Crippen molar-refractivity contribution in [3.63, 3.8) is 0 Å². The lowest BCUT2D eigenvalue weighted by molar-refractivity contribution is 0.251. The van der Waals surface area contributed by atoms with Gasteiger partial charge in [-0.2, -0.15) is 0 Å². The molecule has 94 valence electrons. The van der Waals surface area contributed by atoms with Crippen LogP contribution in [0, 0.1) is 6.92 Å². The number of likely N-dealkylation sites (N-methyl/N-ethyl adjacent to an activating group) is 1. The topological polar surface area (TPSA) is 16.1 Å². The van der Waals surface area contributed by atoms with E-state index in [9.17, 15) is 0 Å². The Morgan fingerprint density at radius 1 is 1.33 bits per heavy atom. The Morgan fingerprint density at radius 2 is 2.22 bits per heavy atom. The zero-order valence-electron chi connectivity index (χ0n) is 11.2. The molecule has 1 unspecified atom stereocenters. The number of pyridine rings is 1. The minimum Gasteiger partial charge on any atom is -0.306 e. The zero-order chi connectivity index (χ0) is 12.5. The summed E-state index contributed by atoms with van der Waals surface area (Å²) in [6.07, 6.45) is 4.57. The van der Waals surface area contributed by atoms with Crippen LogP contribution in [0.25, 0.3) is 10.9 Å². The van der Waals surface area contributed by atoms with Crippen LogP contribution in [0.15, 0.2) is 30.5 Å². The van der Waals surface area contributed by atoms with E-state index in [4.69, 9.17) is 0 Å². The molecule has 2 heterocycles. The second-order valence-corrected chi connectivity index (χ2v) is 5.53. The molecule has 1 aromatic heterocycles. The van der Waals surface area contributed by atoms with Crippen molar-refractivity contribution in [3.05, 3.63) is 41.6 Å². The number of aryl methyl sites for hydroxylation is 1. The van der Waals surface area contributed by atoms with E-state index in [0.29, 0.717) is 5.92 Å². The molecule has 0 amide bonds. The maximum absolute atomic E-state index is 4.66. The third-order valence-electron chi connectivity index (χ3n) is 3.94. The molecule has 2 heteroatoms. The SMILES string of the molecule is Cc1cnc2c(C3CCCN(C)C3)cccc2c1. The summed E-state index contributed by atoms with van der Waals surface area (Å²) in [5.41, 5.74) is 3.86. The van der Waals surface area contributed by atoms with E-state index in [0.717, 1.165) is 6.54 Å². The number of fused-ring (bicyclic) bond motifs is 1. The molecule has 0 bridgehead atoms. The van der Waals surface area contributed by atoms with Gasteiger partial charge in [0.05, 0.1) is 5.52 Å². The van der Waals surface area contributed by atoms with Crippen LogP contribution in [-0.4, -0.2) is 30.0 Å². The summed E-state index contributed by atoms with van der Waals surface area (Å²) in [5, 5.41) is 1.28. The number of hydrogen-bond donors (Lipinski definition) is 0. The van der Waals surface area contributed by atoms with Gasteiger partial charge in [0, 0.05) is 18.1 Å². The first-order valence-corrected chi connectivity index (χ1v) is 6.78. The van der Waals surface area contributed by atoms with Crippen molar-refractivity contribution in [2.24, 2.45) is 0 Å². The van der Waals surface area contributed by atoms with Gasteiger partial charge in [0.2, 0.25) is 0 Å². The Balaban J connectivity index is 2.05. The smallest absolute Gasteiger partial charge is 0.0737 e. The number of piperidine rings is 1. The van der Waals surface area contributed by atoms with E-state index >= 15 is 0 Å². The number of hydrogen-bond acceptors (Lipinski definition) is 2. The molecule has 1 aliphatic heterocycles. The number of benzene rings is 1. The van der Waals surface area contributed by atoms with E-state index in [1.54, 1.807) is 0 Å². The molecule has 2 aromatic rings. The first kappa shape index (κ1) is 11.7. The first-order chi connectivity index (χ1) is 8.74. The summed E-state index contributed by atoms with van der Waals surface area (Å²) in [6.45, 7) is 4.50. The maximum atomic E-state index is 4.66. The quantitative estimate of drug-likeness (QED) is 0.760. The molecular weight excluding hydrogens is 220 g/mol. The summed E-state index contributed by atoms with van der Waals surface area (Å²) in [7, 11) is 2.22. The molecule has 0 aliphatic carbocycles. The van der Waals surface area contributed by atoms with Crippen LogP contribution in [0.5, 0.6) is 0 Å². The van der Waals surface area contributed by atoms with Crippen LogP contribution in [0.1, 0.15) is 29.9 Å². The maximum Gasteiger partial charge on any atom is 0.0737 e. The molecule has 0 saturated carbocycles. The van der Waals surface area contributed by atoms with Gasteiger partial charge in [-0.1, -0.05) is 18.2 Å². The Bertz CT molecular complexity index is 562. The van der Waals surface area contributed by atoms with Crippen molar-refractivity contribution >= 4 is 10.9 Å². The highest BCUT2D eigenvalue weighted by Crippen LogP contribution is 2.30. The first-order valence-electron chi connectivity index (χ1n) is 6.78.